The molecule has 0 amide bonds. The highest BCUT2D eigenvalue weighted by Crippen LogP contribution is 2.42. The molecule has 3 atom stereocenters. The molecule has 13 rings (SSSR count). The molecule has 137 heavy (non-hydrogen) atoms. The van der Waals surface area contributed by atoms with Gasteiger partial charge in [0.2, 0.25) is 6.79 Å². The quantitative estimate of drug-likeness (QED) is 0.0164. The zero-order valence-corrected chi connectivity index (χ0v) is 92.3. The Hall–Kier alpha value is -7.02. The normalized spacial score (nSPS) is 11.4. The third-order valence-corrected chi connectivity index (χ3v) is 30.5. The molecule has 0 bridgehead atoms. The molecule has 0 saturated carbocycles. The summed E-state index contributed by atoms with van der Waals surface area (Å²) in [5.41, 5.74) is 11.6. The van der Waals surface area contributed by atoms with Gasteiger partial charge in [-0.05, 0) is 220 Å². The summed E-state index contributed by atoms with van der Waals surface area (Å²) in [7, 11) is 3.51. The van der Waals surface area contributed by atoms with E-state index in [1.165, 1.54) is 123 Å². The second-order valence-corrected chi connectivity index (χ2v) is 44.8. The lowest BCUT2D eigenvalue weighted by Gasteiger charge is -2.18. The van der Waals surface area contributed by atoms with E-state index in [0.29, 0.717) is 105 Å². The Kier molecular flexibility index (Phi) is 58.6. The fourth-order valence-corrected chi connectivity index (χ4v) is 21.2. The minimum Gasteiger partial charge on any atom is -0.454 e. The predicted molar refractivity (Wildman–Crippen MR) is 616 cm³/mol. The van der Waals surface area contributed by atoms with Crippen LogP contribution in [0.3, 0.4) is 0 Å². The van der Waals surface area contributed by atoms with Crippen molar-refractivity contribution in [1.82, 2.24) is 5.32 Å². The van der Waals surface area contributed by atoms with Crippen LogP contribution in [0.1, 0.15) is 163 Å². The number of amidine groups is 1. The number of hydrogen-bond acceptors (Lipinski definition) is 21. The van der Waals surface area contributed by atoms with Gasteiger partial charge in [-0.15, -0.1) is 82.3 Å². The Bertz CT molecular complexity index is 5950. The smallest absolute Gasteiger partial charge is 0.231 e. The third-order valence-electron chi connectivity index (χ3n) is 18.2. The lowest BCUT2D eigenvalue weighted by Crippen LogP contribution is -2.16. The van der Waals surface area contributed by atoms with E-state index >= 15 is 0 Å². The van der Waals surface area contributed by atoms with Gasteiger partial charge in [0.25, 0.3) is 0 Å². The molecule has 0 aromatic heterocycles. The minimum absolute atomic E-state index is 0.118. The molecule has 13 nitrogen and oxygen atoms in total. The van der Waals surface area contributed by atoms with Crippen LogP contribution in [-0.4, -0.2) is 77.9 Å². The molecule has 12 aromatic rings. The van der Waals surface area contributed by atoms with E-state index < -0.39 is 5.82 Å². The molecule has 0 radical (unpaired) electrons. The Morgan fingerprint density at radius 3 is 1.36 bits per heavy atom. The lowest BCUT2D eigenvalue weighted by atomic mass is 10.0. The van der Waals surface area contributed by atoms with Gasteiger partial charge in [-0.25, -0.2) is 4.39 Å². The largest absolute Gasteiger partial charge is 0.454 e. The van der Waals surface area contributed by atoms with E-state index in [2.05, 4.69) is 60.6 Å². The van der Waals surface area contributed by atoms with E-state index in [-0.39, 0.29) is 31.8 Å². The number of ketones is 1. The third kappa shape index (κ3) is 48.1. The first kappa shape index (κ1) is 120. The highest BCUT2D eigenvalue weighted by Gasteiger charge is 2.21. The number of fused-ring (bicyclic) bond motifs is 2. The molecule has 1 aliphatic heterocycles. The first-order valence-electron chi connectivity index (χ1n) is 42.1. The Morgan fingerprint density at radius 2 is 0.854 bits per heavy atom. The molecular formula is C104H109Cl10FN10O3S9. The van der Waals surface area contributed by atoms with Gasteiger partial charge in [-0.1, -0.05) is 335 Å². The number of halogens is 11. The summed E-state index contributed by atoms with van der Waals surface area (Å²) >= 11 is 72.5. The standard InChI is InChI=1S/C16H15Cl2NS.C15H16N2OS.C15H15NS.C11H13Cl2NS.C11H13NO2S.2C9H9Cl2NS.C9H9ClFNS.C9H10ClNS/c1-11(19)20-16(9-12-5-3-2-4-6-12)14-8-7-13(17)10-15(14)18;1-16-15(17-2)19-10-14(18)13-8-7-11-5-3-4-6-12(11)9-13;1-12(16)17-15(13-8-4-2-5-9-13)14-10-6-3-7-11-14;1-3-11(15-7(2)14)9-5-4-8(12)6-10(9)13;1-7(15-8(2)12)9-3-4-10-11(5-9)14-6-13-10;1-6(12)13-5-7-2-3-8(10)4-9(7)11;1-6(12)13-5-7-3-2-4-8(10)9(7)11;1-6(12)13-5-7-2-3-8(10)9(11)4-7;1-7(11)12-6-8-4-2-3-5-9(8)10/h2-8,10,16,19H,9H2,1H3;3-9H,10H2,1-2H3,(H,16,17);2-11,15-16H,1H3;4-6,11,14H,3H2,1-2H3;3-5,7,12H,6H2,1-2H3;3*2-4,12H,5H2,1H3;2-5,11H,6H2,1H3. The van der Waals surface area contributed by atoms with Gasteiger partial charge in [-0.3, -0.25) is 53.1 Å². The molecule has 3 unspecified atom stereocenters. The van der Waals surface area contributed by atoms with Gasteiger partial charge in [0, 0.05) is 93.6 Å². The van der Waals surface area contributed by atoms with E-state index in [4.69, 9.17) is 169 Å². The van der Waals surface area contributed by atoms with E-state index in [9.17, 15) is 9.18 Å². The molecule has 0 spiro atoms. The van der Waals surface area contributed by atoms with Gasteiger partial charge < -0.3 is 14.8 Å². The summed E-state index contributed by atoms with van der Waals surface area (Å²) in [5.74, 6) is 4.56. The number of nitrogens with zero attached hydrogens (tertiary/aromatic N) is 1. The molecule has 0 aliphatic carbocycles. The number of nitrogens with one attached hydrogen (secondary N) is 9. The summed E-state index contributed by atoms with van der Waals surface area (Å²) in [6.45, 7) is 18.7. The molecule has 0 fully saturated rings. The molecule has 9 N–H and O–H groups in total. The van der Waals surface area contributed by atoms with Crippen molar-refractivity contribution in [2.75, 3.05) is 26.6 Å². The summed E-state index contributed by atoms with van der Waals surface area (Å²) in [6.07, 6.45) is 1.78. The molecular weight excluding hydrogens is 2100 g/mol. The van der Waals surface area contributed by atoms with Crippen LogP contribution in [0.25, 0.3) is 10.8 Å². The average Bonchev–Trinajstić information content (AvgIpc) is 1.64. The number of aliphatic imine (C=N–C) groups is 1. The molecule has 724 valence electrons. The summed E-state index contributed by atoms with van der Waals surface area (Å²) in [6, 6.07) is 85.2. The van der Waals surface area contributed by atoms with Crippen LogP contribution in [0.2, 0.25) is 50.2 Å². The average molecular weight is 2210 g/mol. The summed E-state index contributed by atoms with van der Waals surface area (Å²) in [5, 5.41) is 76.9. The highest BCUT2D eigenvalue weighted by atomic mass is 35.5. The second kappa shape index (κ2) is 66.7. The van der Waals surface area contributed by atoms with Crippen LogP contribution in [-0.2, 0) is 29.4 Å². The minimum atomic E-state index is -0.401. The number of carbonyl (C=O) groups is 1. The molecule has 1 heterocycles. The van der Waals surface area contributed by atoms with Crippen molar-refractivity contribution in [3.8, 4) is 11.5 Å². The van der Waals surface area contributed by atoms with Crippen LogP contribution in [0.5, 0.6) is 11.5 Å². The Labute approximate surface area is 895 Å². The lowest BCUT2D eigenvalue weighted by molar-refractivity contribution is 0.102. The van der Waals surface area contributed by atoms with Crippen molar-refractivity contribution in [3.05, 3.63) is 384 Å². The van der Waals surface area contributed by atoms with E-state index in [1.807, 2.05) is 195 Å². The van der Waals surface area contributed by atoms with Crippen molar-refractivity contribution in [1.29, 1.82) is 43.3 Å². The van der Waals surface area contributed by atoms with Crippen LogP contribution in [0.4, 0.5) is 4.39 Å². The zero-order valence-electron chi connectivity index (χ0n) is 77.4. The Balaban J connectivity index is 0.000000273. The van der Waals surface area contributed by atoms with E-state index in [0.717, 1.165) is 101 Å². The SMILES string of the molecule is CC(=N)SC(C)c1ccc2c(c1)OCO2.CC(=N)SC(Cc1ccccc1)c1ccc(Cl)cc1Cl.CC(=N)SC(c1ccccc1)c1ccccc1.CC(=N)SCc1ccc(Cl)c(F)c1.CC(=N)SCc1ccc(Cl)cc1Cl.CC(=N)SCc1cccc(Cl)c1Cl.CC(=N)SCc1ccccc1Cl.CCC(SC(C)=N)c1ccc(Cl)cc1Cl.CN=C(NC)SCC(=O)c1ccc2ccccc2c1. The maximum absolute atomic E-state index is 12.9. The number of benzene rings is 12. The summed E-state index contributed by atoms with van der Waals surface area (Å²) in [4.78, 5) is 16.2. The zero-order chi connectivity index (χ0) is 101. The fourth-order valence-electron chi connectivity index (χ4n) is 11.7. The van der Waals surface area contributed by atoms with Gasteiger partial charge in [0.15, 0.2) is 22.4 Å². The topological polar surface area (TPSA) is 251 Å². The van der Waals surface area contributed by atoms with Gasteiger partial charge in [0.1, 0.15) is 5.82 Å². The number of ether oxygens (including phenoxy) is 2. The Morgan fingerprint density at radius 1 is 0.394 bits per heavy atom. The highest BCUT2D eigenvalue weighted by molar-refractivity contribution is 8.15. The van der Waals surface area contributed by atoms with Gasteiger partial charge in [0.05, 0.1) is 66.4 Å². The molecule has 12 aromatic carbocycles. The molecule has 0 saturated heterocycles. The van der Waals surface area contributed by atoms with Crippen LogP contribution >= 0.6 is 222 Å². The van der Waals surface area contributed by atoms with Crippen molar-refractivity contribution in [2.24, 2.45) is 4.99 Å². The van der Waals surface area contributed by atoms with Crippen molar-refractivity contribution in [3.63, 3.8) is 0 Å². The van der Waals surface area contributed by atoms with Crippen LogP contribution in [0.15, 0.2) is 272 Å². The maximum Gasteiger partial charge on any atom is 0.231 e. The van der Waals surface area contributed by atoms with Crippen molar-refractivity contribution in [2.45, 2.75) is 126 Å². The van der Waals surface area contributed by atoms with Gasteiger partial charge >= 0.3 is 0 Å². The summed E-state index contributed by atoms with van der Waals surface area (Å²) < 4.78 is 23.5. The molecule has 33 heteroatoms. The second-order valence-electron chi connectivity index (χ2n) is 29.3. The number of rotatable bonds is 23. The van der Waals surface area contributed by atoms with Crippen LogP contribution in [0, 0.1) is 49.1 Å². The maximum atomic E-state index is 12.9. The first-order valence-corrected chi connectivity index (χ1v) is 54.4. The number of thioether (sulfide) groups is 9. The molecule has 1 aliphatic rings. The predicted octanol–water partition coefficient (Wildman–Crippen LogP) is 37.6. The number of Topliss-reactive ketones (excluding diaryl/α,β-unsaturated/α-hetero) is 1. The van der Waals surface area contributed by atoms with Crippen molar-refractivity contribution < 1.29 is 18.7 Å². The van der Waals surface area contributed by atoms with Crippen molar-refractivity contribution >= 4 is 284 Å². The fraction of sp³-hybridized carbons (Fsp3) is 0.231. The van der Waals surface area contributed by atoms with Gasteiger partial charge in [-0.2, -0.15) is 0 Å². The van der Waals surface area contributed by atoms with Crippen LogP contribution < -0.4 is 14.8 Å². The number of carbonyl (C=O) groups excluding carboxylic acids is 1. The van der Waals surface area contributed by atoms with E-state index in [1.54, 1.807) is 105 Å². The first-order chi connectivity index (χ1) is 65.3. The monoisotopic (exact) mass is 2200 g/mol. The number of hydrogen-bond donors (Lipinski definition) is 9.